The van der Waals surface area contributed by atoms with Crippen LogP contribution in [0.3, 0.4) is 0 Å². The van der Waals surface area contributed by atoms with Gasteiger partial charge in [-0.15, -0.1) is 0 Å². The number of anilines is 1. The molecule has 0 saturated heterocycles. The number of benzene rings is 1. The fraction of sp³-hybridized carbons (Fsp3) is 0.462. The van der Waals surface area contributed by atoms with Gasteiger partial charge in [0, 0.05) is 6.54 Å². The Kier molecular flexibility index (Phi) is 5.20. The summed E-state index contributed by atoms with van der Waals surface area (Å²) in [5, 5.41) is 32.5. The predicted molar refractivity (Wildman–Crippen MR) is 74.0 cm³/mol. The first-order valence-electron chi connectivity index (χ1n) is 6.41. The largest absolute Gasteiger partial charge is 0.478 e. The fourth-order valence-corrected chi connectivity index (χ4v) is 1.78. The summed E-state index contributed by atoms with van der Waals surface area (Å²) in [6, 6.07) is 1.42. The molecule has 0 saturated carbocycles. The lowest BCUT2D eigenvalue weighted by atomic mass is 9.97. The Labute approximate surface area is 120 Å². The third-order valence-electron chi connectivity index (χ3n) is 3.44. The first-order valence-corrected chi connectivity index (χ1v) is 6.41. The van der Waals surface area contributed by atoms with Gasteiger partial charge in [-0.1, -0.05) is 13.8 Å². The summed E-state index contributed by atoms with van der Waals surface area (Å²) in [5.41, 5.74) is -2.46. The number of nitrogens with zero attached hydrogens (tertiary/aromatic N) is 1. The van der Waals surface area contributed by atoms with Crippen molar-refractivity contribution in [3.63, 3.8) is 0 Å². The summed E-state index contributed by atoms with van der Waals surface area (Å²) in [5.74, 6) is -2.70. The van der Waals surface area contributed by atoms with Crippen molar-refractivity contribution >= 4 is 17.3 Å². The first kappa shape index (κ1) is 16.8. The highest BCUT2D eigenvalue weighted by Crippen LogP contribution is 2.29. The molecule has 8 heteroatoms. The Morgan fingerprint density at radius 1 is 1.43 bits per heavy atom. The van der Waals surface area contributed by atoms with E-state index in [1.165, 1.54) is 0 Å². The molecule has 21 heavy (non-hydrogen) atoms. The van der Waals surface area contributed by atoms with E-state index in [0.29, 0.717) is 18.9 Å². The number of rotatable bonds is 7. The van der Waals surface area contributed by atoms with Crippen LogP contribution in [0.1, 0.15) is 37.0 Å². The average Bonchev–Trinajstić information content (AvgIpc) is 2.44. The number of aromatic carboxylic acids is 1. The molecule has 116 valence electrons. The number of nitro benzene ring substituents is 1. The summed E-state index contributed by atoms with van der Waals surface area (Å²) < 4.78 is 13.5. The molecular formula is C13H17FN2O5. The van der Waals surface area contributed by atoms with E-state index in [4.69, 9.17) is 5.11 Å². The molecule has 0 atom stereocenters. The van der Waals surface area contributed by atoms with Crippen LogP contribution >= 0.6 is 0 Å². The number of hydrogen-bond acceptors (Lipinski definition) is 5. The Morgan fingerprint density at radius 3 is 2.43 bits per heavy atom. The lowest BCUT2D eigenvalue weighted by Crippen LogP contribution is -2.35. The zero-order valence-corrected chi connectivity index (χ0v) is 11.7. The van der Waals surface area contributed by atoms with Crippen LogP contribution in [0, 0.1) is 15.9 Å². The molecule has 1 rings (SSSR count). The second-order valence-electron chi connectivity index (χ2n) is 4.70. The maximum atomic E-state index is 13.5. The lowest BCUT2D eigenvalue weighted by molar-refractivity contribution is -0.384. The molecule has 7 nitrogen and oxygen atoms in total. The van der Waals surface area contributed by atoms with Crippen molar-refractivity contribution in [2.45, 2.75) is 32.3 Å². The zero-order chi connectivity index (χ0) is 16.2. The Hall–Kier alpha value is -2.22. The summed E-state index contributed by atoms with van der Waals surface area (Å²) >= 11 is 0. The molecule has 0 bridgehead atoms. The van der Waals surface area contributed by atoms with Crippen molar-refractivity contribution in [3.8, 4) is 0 Å². The first-order chi connectivity index (χ1) is 9.74. The van der Waals surface area contributed by atoms with E-state index in [9.17, 15) is 24.4 Å². The minimum Gasteiger partial charge on any atom is -0.478 e. The fourth-order valence-electron chi connectivity index (χ4n) is 1.78. The van der Waals surface area contributed by atoms with Gasteiger partial charge in [-0.2, -0.15) is 0 Å². The molecule has 0 radical (unpaired) electrons. The van der Waals surface area contributed by atoms with E-state index in [0.717, 1.165) is 6.07 Å². The van der Waals surface area contributed by atoms with Gasteiger partial charge in [0.2, 0.25) is 0 Å². The number of halogens is 1. The van der Waals surface area contributed by atoms with E-state index in [1.807, 2.05) is 0 Å². The van der Waals surface area contributed by atoms with E-state index in [1.54, 1.807) is 13.8 Å². The standard InChI is InChI=1S/C13H17FN2O5/c1-3-13(19,4-2)7-15-10-5-8(12(17)18)9(14)6-11(10)16(20)21/h5-6,15,19H,3-4,7H2,1-2H3,(H,17,18). The molecule has 1 aromatic carbocycles. The van der Waals surface area contributed by atoms with Gasteiger partial charge in [0.05, 0.1) is 22.2 Å². The van der Waals surface area contributed by atoms with Gasteiger partial charge in [-0.3, -0.25) is 10.1 Å². The van der Waals surface area contributed by atoms with Gasteiger partial charge in [-0.25, -0.2) is 9.18 Å². The lowest BCUT2D eigenvalue weighted by Gasteiger charge is -2.25. The smallest absolute Gasteiger partial charge is 0.338 e. The summed E-state index contributed by atoms with van der Waals surface area (Å²) in [4.78, 5) is 21.0. The van der Waals surface area contributed by atoms with Crippen molar-refractivity contribution in [1.82, 2.24) is 0 Å². The van der Waals surface area contributed by atoms with E-state index in [-0.39, 0.29) is 12.2 Å². The minimum atomic E-state index is -1.52. The molecule has 0 aliphatic carbocycles. The van der Waals surface area contributed by atoms with E-state index >= 15 is 0 Å². The molecule has 0 aliphatic heterocycles. The molecular weight excluding hydrogens is 283 g/mol. The van der Waals surface area contributed by atoms with Crippen molar-refractivity contribution in [2.75, 3.05) is 11.9 Å². The SMILES string of the molecule is CCC(O)(CC)CNc1cc(C(=O)O)c(F)cc1[N+](=O)[O-]. The number of carbonyl (C=O) groups is 1. The molecule has 0 amide bonds. The third-order valence-corrected chi connectivity index (χ3v) is 3.44. The summed E-state index contributed by atoms with van der Waals surface area (Å²) in [6.45, 7) is 3.51. The van der Waals surface area contributed by atoms with Gasteiger partial charge in [0.25, 0.3) is 5.69 Å². The van der Waals surface area contributed by atoms with Crippen LogP contribution in [-0.2, 0) is 0 Å². The van der Waals surface area contributed by atoms with Gasteiger partial charge in [-0.05, 0) is 18.9 Å². The van der Waals surface area contributed by atoms with Crippen LogP contribution in [0.5, 0.6) is 0 Å². The molecule has 0 unspecified atom stereocenters. The molecule has 0 fully saturated rings. The van der Waals surface area contributed by atoms with E-state index < -0.39 is 33.6 Å². The number of carboxylic acids is 1. The van der Waals surface area contributed by atoms with Gasteiger partial charge in [0.15, 0.2) is 0 Å². The molecule has 0 spiro atoms. The van der Waals surface area contributed by atoms with Crippen molar-refractivity contribution in [3.05, 3.63) is 33.6 Å². The topological polar surface area (TPSA) is 113 Å². The third kappa shape index (κ3) is 3.88. The van der Waals surface area contributed by atoms with Gasteiger partial charge < -0.3 is 15.5 Å². The highest BCUT2D eigenvalue weighted by atomic mass is 19.1. The molecule has 1 aromatic rings. The Morgan fingerprint density at radius 2 is 2.00 bits per heavy atom. The van der Waals surface area contributed by atoms with Crippen molar-refractivity contribution in [1.29, 1.82) is 0 Å². The minimum absolute atomic E-state index is 0.00840. The van der Waals surface area contributed by atoms with Crippen molar-refractivity contribution < 1.29 is 24.3 Å². The molecule has 0 heterocycles. The number of carboxylic acid groups (broad SMARTS) is 1. The summed E-state index contributed by atoms with van der Waals surface area (Å²) in [7, 11) is 0. The van der Waals surface area contributed by atoms with Crippen LogP contribution in [0.2, 0.25) is 0 Å². The maximum Gasteiger partial charge on any atom is 0.338 e. The predicted octanol–water partition coefficient (Wildman–Crippen LogP) is 2.40. The number of nitro groups is 1. The monoisotopic (exact) mass is 300 g/mol. The molecule has 0 aromatic heterocycles. The maximum absolute atomic E-state index is 13.5. The van der Waals surface area contributed by atoms with Crippen LogP contribution in [0.4, 0.5) is 15.8 Å². The zero-order valence-electron chi connectivity index (χ0n) is 11.7. The normalized spacial score (nSPS) is 11.2. The molecule has 3 N–H and O–H groups in total. The van der Waals surface area contributed by atoms with Gasteiger partial charge in [0.1, 0.15) is 11.5 Å². The second-order valence-corrected chi connectivity index (χ2v) is 4.70. The Balaban J connectivity index is 3.17. The van der Waals surface area contributed by atoms with Crippen LogP contribution in [-0.4, -0.2) is 33.3 Å². The van der Waals surface area contributed by atoms with Crippen LogP contribution in [0.15, 0.2) is 12.1 Å². The van der Waals surface area contributed by atoms with Crippen molar-refractivity contribution in [2.24, 2.45) is 0 Å². The number of aliphatic hydroxyl groups is 1. The van der Waals surface area contributed by atoms with Crippen LogP contribution in [0.25, 0.3) is 0 Å². The highest BCUT2D eigenvalue weighted by molar-refractivity contribution is 5.90. The quantitative estimate of drug-likeness (QED) is 0.526. The number of nitrogens with one attached hydrogen (secondary N) is 1. The number of hydrogen-bond donors (Lipinski definition) is 3. The Bertz CT molecular complexity index is 558. The second kappa shape index (κ2) is 6.49. The van der Waals surface area contributed by atoms with Crippen LogP contribution < -0.4 is 5.32 Å². The average molecular weight is 300 g/mol. The molecule has 0 aliphatic rings. The van der Waals surface area contributed by atoms with Gasteiger partial charge >= 0.3 is 5.97 Å². The highest BCUT2D eigenvalue weighted by Gasteiger charge is 2.26. The van der Waals surface area contributed by atoms with E-state index in [2.05, 4.69) is 5.32 Å². The summed E-state index contributed by atoms with van der Waals surface area (Å²) in [6.07, 6.45) is 0.828.